The third kappa shape index (κ3) is 10.1. The van der Waals surface area contributed by atoms with Crippen molar-refractivity contribution in [3.8, 4) is 0 Å². The van der Waals surface area contributed by atoms with E-state index in [1.54, 1.807) is 0 Å². The zero-order valence-corrected chi connectivity index (χ0v) is 23.8. The van der Waals surface area contributed by atoms with Crippen LogP contribution in [0.15, 0.2) is 0 Å². The maximum absolute atomic E-state index is 14.1. The minimum absolute atomic E-state index is 0.712. The maximum atomic E-state index is 14.1. The lowest BCUT2D eigenvalue weighted by molar-refractivity contribution is -0.456. The summed E-state index contributed by atoms with van der Waals surface area (Å²) < 4.78 is 163. The molecule has 1 aliphatic rings. The third-order valence-corrected chi connectivity index (χ3v) is 6.20. The van der Waals surface area contributed by atoms with Gasteiger partial charge in [-0.25, -0.2) is 18.3 Å². The summed E-state index contributed by atoms with van der Waals surface area (Å²) in [5.41, 5.74) is 0. The Labute approximate surface area is 243 Å². The maximum Gasteiger partial charge on any atom is 0.448 e. The van der Waals surface area contributed by atoms with E-state index in [9.17, 15) is 62.7 Å². The summed E-state index contributed by atoms with van der Waals surface area (Å²) in [5, 5.41) is -2.69. The molecule has 5 atom stereocenters. The van der Waals surface area contributed by atoms with Gasteiger partial charge < -0.3 is 28.4 Å². The summed E-state index contributed by atoms with van der Waals surface area (Å²) in [7, 11) is -6.60. The Bertz CT molecular complexity index is 1170. The van der Waals surface area contributed by atoms with Crippen molar-refractivity contribution in [1.82, 2.24) is 0 Å². The lowest BCUT2D eigenvalue weighted by Gasteiger charge is -2.44. The van der Waals surface area contributed by atoms with E-state index in [1.165, 1.54) is 0 Å². The number of alkyl halides is 8. The van der Waals surface area contributed by atoms with Crippen molar-refractivity contribution in [2.45, 2.75) is 94.6 Å². The number of esters is 4. The van der Waals surface area contributed by atoms with Gasteiger partial charge in [0.25, 0.3) is 10.0 Å². The van der Waals surface area contributed by atoms with Crippen LogP contribution in [0.5, 0.6) is 0 Å². The van der Waals surface area contributed by atoms with Crippen LogP contribution in [0.25, 0.3) is 0 Å². The average molecular weight is 685 g/mol. The summed E-state index contributed by atoms with van der Waals surface area (Å²) in [6.45, 7) is 1.84. The van der Waals surface area contributed by atoms with Crippen LogP contribution in [0.1, 0.15) is 40.5 Å². The Morgan fingerprint density at radius 1 is 0.750 bits per heavy atom. The Morgan fingerprint density at radius 3 is 1.68 bits per heavy atom. The van der Waals surface area contributed by atoms with Crippen molar-refractivity contribution >= 4 is 33.9 Å². The summed E-state index contributed by atoms with van der Waals surface area (Å²) >= 11 is 0. The van der Waals surface area contributed by atoms with Crippen LogP contribution < -0.4 is 5.14 Å². The normalized spacial score (nSPS) is 23.4. The molecule has 1 aliphatic heterocycles. The number of hydrogen-bond donors (Lipinski definition) is 1. The van der Waals surface area contributed by atoms with Gasteiger partial charge in [0.1, 0.15) is 12.7 Å². The molecule has 0 amide bonds. The van der Waals surface area contributed by atoms with Crippen molar-refractivity contribution in [2.75, 3.05) is 13.2 Å². The fourth-order valence-corrected chi connectivity index (χ4v) is 3.80. The van der Waals surface area contributed by atoms with Crippen LogP contribution in [-0.4, -0.2) is 99.6 Å². The highest BCUT2D eigenvalue weighted by Gasteiger charge is 2.73. The van der Waals surface area contributed by atoms with E-state index >= 15 is 0 Å². The fourth-order valence-electron chi connectivity index (χ4n) is 3.42. The average Bonchev–Trinajstić information content (AvgIpc) is 2.81. The van der Waals surface area contributed by atoms with Gasteiger partial charge in [-0.1, -0.05) is 0 Å². The highest BCUT2D eigenvalue weighted by atomic mass is 32.2. The number of primary sulfonamides is 1. The van der Waals surface area contributed by atoms with Gasteiger partial charge >= 0.3 is 47.3 Å². The molecule has 2 unspecified atom stereocenters. The zero-order valence-electron chi connectivity index (χ0n) is 23.0. The molecule has 0 aliphatic carbocycles. The summed E-state index contributed by atoms with van der Waals surface area (Å²) in [5.74, 6) is -9.64. The molecule has 0 radical (unpaired) electrons. The molecule has 0 aromatic heterocycles. The molecule has 2 N–H and O–H groups in total. The van der Waals surface area contributed by atoms with Gasteiger partial charge in [-0.05, 0) is 6.42 Å². The Hall–Kier alpha value is -2.89. The minimum Gasteiger partial charge on any atom is -0.463 e. The van der Waals surface area contributed by atoms with Gasteiger partial charge in [0.2, 0.25) is 0 Å². The lowest BCUT2D eigenvalue weighted by atomic mass is 9.98. The van der Waals surface area contributed by atoms with E-state index < -0.39 is 114 Å². The topological polar surface area (TPSA) is 193 Å². The zero-order chi connectivity index (χ0) is 34.5. The molecule has 0 bridgehead atoms. The van der Waals surface area contributed by atoms with Crippen molar-refractivity contribution in [3.63, 3.8) is 0 Å². The quantitative estimate of drug-likeness (QED) is 0.113. The first kappa shape index (κ1) is 39.1. The molecule has 1 heterocycles. The number of rotatable bonds is 15. The number of hydrogen-bond acceptors (Lipinski definition) is 13. The summed E-state index contributed by atoms with van der Waals surface area (Å²) in [4.78, 5) is 46.5. The monoisotopic (exact) mass is 685 g/mol. The number of nitrogens with two attached hydrogens (primary N) is 1. The molecular formula is C21H27F8NO13S. The van der Waals surface area contributed by atoms with Gasteiger partial charge in [0.15, 0.2) is 24.6 Å². The first-order chi connectivity index (χ1) is 19.8. The van der Waals surface area contributed by atoms with E-state index in [0.717, 1.165) is 27.7 Å². The van der Waals surface area contributed by atoms with Gasteiger partial charge in [0.05, 0.1) is 6.61 Å². The van der Waals surface area contributed by atoms with E-state index in [2.05, 4.69) is 9.88 Å². The second-order valence-corrected chi connectivity index (χ2v) is 10.5. The molecule has 0 aromatic rings. The first-order valence-corrected chi connectivity index (χ1v) is 13.5. The van der Waals surface area contributed by atoms with Crippen LogP contribution in [-0.2, 0) is 62.4 Å². The molecule has 14 nitrogen and oxygen atoms in total. The van der Waals surface area contributed by atoms with E-state index in [0.29, 0.717) is 0 Å². The molecule has 44 heavy (non-hydrogen) atoms. The predicted molar refractivity (Wildman–Crippen MR) is 121 cm³/mol. The second kappa shape index (κ2) is 14.5. The SMILES string of the molecule is CC(=O)OCC1O[C@@H](OCCCC(F)(F)C(F)(F)OC(F)(F)C(F)(F)S(N)(=O)=O)C(OC(C)=O)[C@@H](OC(C)=O)[C@H]1OC(C)=O. The third-order valence-electron chi connectivity index (χ3n) is 5.24. The van der Waals surface area contributed by atoms with Crippen LogP contribution in [0.2, 0.25) is 0 Å². The highest BCUT2D eigenvalue weighted by Crippen LogP contribution is 2.47. The van der Waals surface area contributed by atoms with E-state index in [-0.39, 0.29) is 0 Å². The van der Waals surface area contributed by atoms with E-state index in [1.807, 2.05) is 0 Å². The Balaban J connectivity index is 3.18. The number of ether oxygens (including phenoxy) is 7. The van der Waals surface area contributed by atoms with Gasteiger partial charge in [-0.2, -0.15) is 35.1 Å². The molecule has 0 spiro atoms. The molecule has 1 fully saturated rings. The van der Waals surface area contributed by atoms with E-state index in [4.69, 9.17) is 28.4 Å². The van der Waals surface area contributed by atoms with Crippen LogP contribution >= 0.6 is 0 Å². The largest absolute Gasteiger partial charge is 0.463 e. The van der Waals surface area contributed by atoms with Crippen molar-refractivity contribution < 1.29 is 95.9 Å². The predicted octanol–water partition coefficient (Wildman–Crippen LogP) is 1.59. The number of halogens is 8. The molecule has 0 aromatic carbocycles. The van der Waals surface area contributed by atoms with Crippen LogP contribution in [0, 0.1) is 0 Å². The Morgan fingerprint density at radius 2 is 1.23 bits per heavy atom. The molecular weight excluding hydrogens is 658 g/mol. The van der Waals surface area contributed by atoms with Gasteiger partial charge in [-0.3, -0.25) is 19.2 Å². The fraction of sp³-hybridized carbons (Fsp3) is 0.810. The van der Waals surface area contributed by atoms with Gasteiger partial charge in [0, 0.05) is 34.1 Å². The van der Waals surface area contributed by atoms with Crippen LogP contribution in [0.4, 0.5) is 35.1 Å². The van der Waals surface area contributed by atoms with Crippen LogP contribution in [0.3, 0.4) is 0 Å². The van der Waals surface area contributed by atoms with Gasteiger partial charge in [-0.15, -0.1) is 0 Å². The highest BCUT2D eigenvalue weighted by molar-refractivity contribution is 7.90. The first-order valence-electron chi connectivity index (χ1n) is 11.9. The number of carbonyl (C=O) groups is 4. The molecule has 256 valence electrons. The smallest absolute Gasteiger partial charge is 0.448 e. The molecule has 0 saturated carbocycles. The standard InChI is InChI=1S/C21H27F8NO13S/c1-9(31)38-8-13-14(39-10(2)32)15(40-11(3)33)16(41-12(4)34)17(42-13)37-7-5-6-18(22,23)19(24,25)43-20(26,27)21(28,29)44(30,35)36/h13-17H,5-8H2,1-4H3,(H2,30,35,36)/t13?,14-,15-,16?,17+/m0/s1. The molecule has 23 heteroatoms. The molecule has 1 saturated heterocycles. The van der Waals surface area contributed by atoms with Crippen molar-refractivity contribution in [1.29, 1.82) is 0 Å². The van der Waals surface area contributed by atoms with Crippen molar-refractivity contribution in [3.05, 3.63) is 0 Å². The Kier molecular flexibility index (Phi) is 12.9. The lowest BCUT2D eigenvalue weighted by Crippen LogP contribution is -2.63. The number of sulfonamides is 1. The van der Waals surface area contributed by atoms with Crippen molar-refractivity contribution in [2.24, 2.45) is 5.14 Å². The second-order valence-electron chi connectivity index (χ2n) is 8.94. The summed E-state index contributed by atoms with van der Waals surface area (Å²) in [6.07, 6.45) is -25.1. The minimum atomic E-state index is -6.71. The number of carbonyl (C=O) groups excluding carboxylic acids is 4. The molecule has 1 rings (SSSR count). The summed E-state index contributed by atoms with van der Waals surface area (Å²) in [6, 6.07) is 0.